The Morgan fingerprint density at radius 3 is 2.72 bits per heavy atom. The molecule has 0 aliphatic heterocycles. The first-order valence-electron chi connectivity index (χ1n) is 7.88. The van der Waals surface area contributed by atoms with Crippen LogP contribution in [0.3, 0.4) is 0 Å². The lowest BCUT2D eigenvalue weighted by molar-refractivity contribution is 0.102. The zero-order chi connectivity index (χ0) is 18.0. The fourth-order valence-corrected chi connectivity index (χ4v) is 2.65. The summed E-state index contributed by atoms with van der Waals surface area (Å²) in [5.41, 5.74) is 2.67. The summed E-state index contributed by atoms with van der Waals surface area (Å²) in [6.07, 6.45) is 1.69. The van der Waals surface area contributed by atoms with E-state index in [1.165, 1.54) is 0 Å². The highest BCUT2D eigenvalue weighted by molar-refractivity contribution is 6.08. The molecule has 2 heterocycles. The van der Waals surface area contributed by atoms with Gasteiger partial charge >= 0.3 is 0 Å². The lowest BCUT2D eigenvalue weighted by Gasteiger charge is -2.16. The fraction of sp³-hybridized carbons (Fsp3) is 0.211. The molecule has 3 aromatic rings. The summed E-state index contributed by atoms with van der Waals surface area (Å²) in [4.78, 5) is 23.5. The largest absolute Gasteiger partial charge is 0.497 e. The van der Waals surface area contributed by atoms with Gasteiger partial charge in [0.1, 0.15) is 5.75 Å². The third-order valence-corrected chi connectivity index (χ3v) is 3.92. The Morgan fingerprint density at radius 1 is 1.20 bits per heavy atom. The van der Waals surface area contributed by atoms with E-state index < -0.39 is 0 Å². The van der Waals surface area contributed by atoms with Gasteiger partial charge in [0.2, 0.25) is 0 Å². The molecule has 25 heavy (non-hydrogen) atoms. The molecule has 1 aromatic carbocycles. The van der Waals surface area contributed by atoms with E-state index in [0.717, 1.165) is 16.7 Å². The molecule has 0 fully saturated rings. The molecule has 3 rings (SSSR count). The predicted octanol–water partition coefficient (Wildman–Crippen LogP) is 3.27. The number of methoxy groups -OCH3 is 1. The second kappa shape index (κ2) is 6.76. The monoisotopic (exact) mass is 336 g/mol. The van der Waals surface area contributed by atoms with Gasteiger partial charge in [-0.3, -0.25) is 9.78 Å². The van der Waals surface area contributed by atoms with E-state index in [2.05, 4.69) is 15.3 Å². The molecule has 6 heteroatoms. The van der Waals surface area contributed by atoms with E-state index in [1.807, 2.05) is 56.3 Å². The van der Waals surface area contributed by atoms with Crippen LogP contribution in [0.4, 0.5) is 11.5 Å². The smallest absolute Gasteiger partial charge is 0.257 e. The maximum absolute atomic E-state index is 12.8. The van der Waals surface area contributed by atoms with Crippen LogP contribution in [0.1, 0.15) is 16.1 Å². The fourth-order valence-electron chi connectivity index (χ4n) is 2.65. The van der Waals surface area contributed by atoms with Crippen molar-refractivity contribution in [3.63, 3.8) is 0 Å². The molecule has 0 bridgehead atoms. The third-order valence-electron chi connectivity index (χ3n) is 3.92. The summed E-state index contributed by atoms with van der Waals surface area (Å²) in [5.74, 6) is 1.21. The number of aryl methyl sites for hydroxylation is 1. The SMILES string of the molecule is COc1ccc2nc(C)c(C(=O)Nc3cccnc3N(C)C)cc2c1. The molecule has 0 saturated carbocycles. The third kappa shape index (κ3) is 3.38. The Kier molecular flexibility index (Phi) is 4.52. The van der Waals surface area contributed by atoms with E-state index in [4.69, 9.17) is 4.74 Å². The molecule has 0 radical (unpaired) electrons. The Hall–Kier alpha value is -3.15. The number of benzene rings is 1. The number of ether oxygens (including phenoxy) is 1. The molecule has 0 aliphatic rings. The summed E-state index contributed by atoms with van der Waals surface area (Å²) in [7, 11) is 5.38. The van der Waals surface area contributed by atoms with Gasteiger partial charge in [-0.15, -0.1) is 0 Å². The molecular weight excluding hydrogens is 316 g/mol. The normalized spacial score (nSPS) is 10.6. The molecular formula is C19H20N4O2. The topological polar surface area (TPSA) is 67.3 Å². The summed E-state index contributed by atoms with van der Waals surface area (Å²) in [6, 6.07) is 11.1. The zero-order valence-electron chi connectivity index (χ0n) is 14.7. The van der Waals surface area contributed by atoms with Crippen molar-refractivity contribution in [3.8, 4) is 5.75 Å². The van der Waals surface area contributed by atoms with Gasteiger partial charge in [0.05, 0.1) is 29.6 Å². The van der Waals surface area contributed by atoms with E-state index >= 15 is 0 Å². The molecule has 6 nitrogen and oxygen atoms in total. The number of carbonyl (C=O) groups excluding carboxylic acids is 1. The Labute approximate surface area is 146 Å². The summed E-state index contributed by atoms with van der Waals surface area (Å²) >= 11 is 0. The summed E-state index contributed by atoms with van der Waals surface area (Å²) < 4.78 is 5.25. The van der Waals surface area contributed by atoms with Gasteiger partial charge in [0.25, 0.3) is 5.91 Å². The minimum Gasteiger partial charge on any atom is -0.497 e. The van der Waals surface area contributed by atoms with Gasteiger partial charge < -0.3 is 15.0 Å². The van der Waals surface area contributed by atoms with Crippen LogP contribution in [-0.2, 0) is 0 Å². The number of hydrogen-bond donors (Lipinski definition) is 1. The van der Waals surface area contributed by atoms with Crippen LogP contribution in [0.25, 0.3) is 10.9 Å². The first-order valence-corrected chi connectivity index (χ1v) is 7.88. The Bertz CT molecular complexity index is 938. The highest BCUT2D eigenvalue weighted by Crippen LogP contribution is 2.24. The molecule has 1 amide bonds. The van der Waals surface area contributed by atoms with Crippen LogP contribution in [0.2, 0.25) is 0 Å². The van der Waals surface area contributed by atoms with Crippen molar-refractivity contribution in [2.75, 3.05) is 31.4 Å². The Morgan fingerprint density at radius 2 is 2.00 bits per heavy atom. The van der Waals surface area contributed by atoms with Crippen molar-refractivity contribution in [1.29, 1.82) is 0 Å². The van der Waals surface area contributed by atoms with Crippen molar-refractivity contribution >= 4 is 28.3 Å². The Balaban J connectivity index is 1.98. The molecule has 0 unspecified atom stereocenters. The standard InChI is InChI=1S/C19H20N4O2/c1-12-15(11-13-10-14(25-4)7-8-16(13)21-12)19(24)22-17-6-5-9-20-18(17)23(2)3/h5-11H,1-4H3,(H,22,24). The van der Waals surface area contributed by atoms with Gasteiger partial charge in [-0.05, 0) is 43.3 Å². The van der Waals surface area contributed by atoms with Crippen LogP contribution in [-0.4, -0.2) is 37.1 Å². The molecule has 0 atom stereocenters. The van der Waals surface area contributed by atoms with Gasteiger partial charge in [0.15, 0.2) is 5.82 Å². The first kappa shape index (κ1) is 16.7. The minimum atomic E-state index is -0.217. The van der Waals surface area contributed by atoms with Crippen LogP contribution >= 0.6 is 0 Å². The van der Waals surface area contributed by atoms with Gasteiger partial charge in [-0.1, -0.05) is 0 Å². The number of rotatable bonds is 4. The number of aromatic nitrogens is 2. The summed E-state index contributed by atoms with van der Waals surface area (Å²) in [6.45, 7) is 1.83. The number of pyridine rings is 2. The highest BCUT2D eigenvalue weighted by Gasteiger charge is 2.15. The number of nitrogens with one attached hydrogen (secondary N) is 1. The van der Waals surface area contributed by atoms with Gasteiger partial charge in [-0.2, -0.15) is 0 Å². The van der Waals surface area contributed by atoms with Crippen molar-refractivity contribution in [2.45, 2.75) is 6.92 Å². The van der Waals surface area contributed by atoms with E-state index in [1.54, 1.807) is 19.4 Å². The van der Waals surface area contributed by atoms with Gasteiger partial charge in [-0.25, -0.2) is 4.98 Å². The average Bonchev–Trinajstić information content (AvgIpc) is 2.61. The zero-order valence-corrected chi connectivity index (χ0v) is 14.7. The number of amides is 1. The highest BCUT2D eigenvalue weighted by atomic mass is 16.5. The van der Waals surface area contributed by atoms with Crippen LogP contribution < -0.4 is 15.0 Å². The number of fused-ring (bicyclic) bond motifs is 1. The van der Waals surface area contributed by atoms with Crippen molar-refractivity contribution in [3.05, 3.63) is 53.9 Å². The number of anilines is 2. The van der Waals surface area contributed by atoms with Crippen LogP contribution in [0, 0.1) is 6.92 Å². The number of nitrogens with zero attached hydrogens (tertiary/aromatic N) is 3. The molecule has 0 spiro atoms. The summed E-state index contributed by atoms with van der Waals surface area (Å²) in [5, 5.41) is 3.78. The maximum Gasteiger partial charge on any atom is 0.257 e. The van der Waals surface area contributed by atoms with Gasteiger partial charge in [0, 0.05) is 25.7 Å². The van der Waals surface area contributed by atoms with E-state index in [9.17, 15) is 4.79 Å². The van der Waals surface area contributed by atoms with E-state index in [0.29, 0.717) is 22.8 Å². The van der Waals surface area contributed by atoms with Crippen LogP contribution in [0.15, 0.2) is 42.6 Å². The first-order chi connectivity index (χ1) is 12.0. The molecule has 128 valence electrons. The second-order valence-electron chi connectivity index (χ2n) is 5.90. The second-order valence-corrected chi connectivity index (χ2v) is 5.90. The quantitative estimate of drug-likeness (QED) is 0.792. The van der Waals surface area contributed by atoms with Crippen molar-refractivity contribution in [1.82, 2.24) is 9.97 Å². The van der Waals surface area contributed by atoms with Crippen molar-refractivity contribution < 1.29 is 9.53 Å². The molecule has 0 saturated heterocycles. The number of hydrogen-bond acceptors (Lipinski definition) is 5. The molecule has 2 aromatic heterocycles. The van der Waals surface area contributed by atoms with Crippen molar-refractivity contribution in [2.24, 2.45) is 0 Å². The number of carbonyl (C=O) groups is 1. The van der Waals surface area contributed by atoms with Crippen LogP contribution in [0.5, 0.6) is 5.75 Å². The average molecular weight is 336 g/mol. The minimum absolute atomic E-state index is 0.217. The molecule has 0 aliphatic carbocycles. The maximum atomic E-state index is 12.8. The predicted molar refractivity (Wildman–Crippen MR) is 99.5 cm³/mol. The lowest BCUT2D eigenvalue weighted by atomic mass is 10.1. The molecule has 1 N–H and O–H groups in total. The lowest BCUT2D eigenvalue weighted by Crippen LogP contribution is -2.18. The van der Waals surface area contributed by atoms with E-state index in [-0.39, 0.29) is 5.91 Å².